The van der Waals surface area contributed by atoms with Crippen LogP contribution in [0.4, 0.5) is 0 Å². The summed E-state index contributed by atoms with van der Waals surface area (Å²) in [4.78, 5) is 32.8. The van der Waals surface area contributed by atoms with Gasteiger partial charge in [-0.15, -0.1) is 0 Å². The Bertz CT molecular complexity index is 594. The minimum Gasteiger partial charge on any atom is -0.550 e. The van der Waals surface area contributed by atoms with E-state index in [2.05, 4.69) is 19.1 Å². The molecule has 2 N–H and O–H groups in total. The van der Waals surface area contributed by atoms with Crippen molar-refractivity contribution in [3.05, 3.63) is 12.2 Å². The van der Waals surface area contributed by atoms with Crippen molar-refractivity contribution in [1.82, 2.24) is 0 Å². The number of carboxylic acid groups (broad SMARTS) is 3. The molecule has 0 aliphatic heterocycles. The third-order valence-electron chi connectivity index (χ3n) is 7.70. The van der Waals surface area contributed by atoms with Crippen LogP contribution in [0.1, 0.15) is 148 Å². The molecule has 0 radical (unpaired) electrons. The second-order valence-corrected chi connectivity index (χ2v) is 11.4. The molecule has 0 aromatic heterocycles. The Morgan fingerprint density at radius 1 is 0.538 bits per heavy atom. The Morgan fingerprint density at radius 3 is 1.31 bits per heavy atom. The lowest BCUT2D eigenvalue weighted by molar-refractivity contribution is -0.929. The average molecular weight is 554 g/mol. The van der Waals surface area contributed by atoms with Gasteiger partial charge in [0.2, 0.25) is 0 Å². The summed E-state index contributed by atoms with van der Waals surface area (Å²) in [7, 11) is 0. The number of hydrogen-bond acceptors (Lipinski definition) is 4. The largest absolute Gasteiger partial charge is 0.550 e. The van der Waals surface area contributed by atoms with Gasteiger partial charge in [-0.2, -0.15) is 0 Å². The molecule has 0 aliphatic carbocycles. The van der Waals surface area contributed by atoms with Gasteiger partial charge in [-0.1, -0.05) is 64.0 Å². The van der Waals surface area contributed by atoms with Crippen LogP contribution in [0.3, 0.4) is 0 Å². The molecular weight excluding hydrogens is 494 g/mol. The summed E-state index contributed by atoms with van der Waals surface area (Å²) < 4.78 is 0.838. The summed E-state index contributed by atoms with van der Waals surface area (Å²) in [6, 6.07) is 0. The molecule has 0 heterocycles. The molecule has 7 heteroatoms. The van der Waals surface area contributed by atoms with Gasteiger partial charge >= 0.3 is 11.9 Å². The number of carboxylic acids is 3. The highest BCUT2D eigenvalue weighted by atomic mass is 16.4. The smallest absolute Gasteiger partial charge is 0.303 e. The zero-order chi connectivity index (χ0) is 29.0. The van der Waals surface area contributed by atoms with Gasteiger partial charge in [-0.3, -0.25) is 9.59 Å². The maximum atomic E-state index is 11.0. The molecule has 0 amide bonds. The third kappa shape index (κ3) is 26.1. The first-order valence-corrected chi connectivity index (χ1v) is 15.9. The fourth-order valence-corrected chi connectivity index (χ4v) is 5.35. The molecule has 39 heavy (non-hydrogen) atoms. The lowest BCUT2D eigenvalue weighted by Crippen LogP contribution is -2.51. The molecular formula is C32H59NO6. The molecule has 7 nitrogen and oxygen atoms in total. The van der Waals surface area contributed by atoms with Crippen molar-refractivity contribution < 1.29 is 34.2 Å². The quantitative estimate of drug-likeness (QED) is 0.0569. The fourth-order valence-electron chi connectivity index (χ4n) is 5.35. The number of hydrogen-bond donors (Lipinski definition) is 2. The van der Waals surface area contributed by atoms with Gasteiger partial charge in [0.1, 0.15) is 0 Å². The molecule has 0 bridgehead atoms. The number of allylic oxidation sites excluding steroid dienone is 2. The number of unbranched alkanes of at least 4 members (excludes halogenated alkanes) is 14. The number of aliphatic carboxylic acids is 3. The average Bonchev–Trinajstić information content (AvgIpc) is 2.89. The second-order valence-electron chi connectivity index (χ2n) is 11.4. The lowest BCUT2D eigenvalue weighted by Gasteiger charge is -2.39. The standard InChI is InChI=1S/C32H59NO6/c1-2-3-4-5-6-7-8-9-10-11-12-13-14-15-19-26-33(27-20-16-23-30(34)35,28-21-17-24-31(36)37)29-22-18-25-32(38)39/h10-11H,2-9,12-29H2,1H3,(H2-,34,35,36,37,38,39)/b11-10+. The zero-order valence-electron chi connectivity index (χ0n) is 25.0. The molecule has 0 rings (SSSR count). The molecule has 0 aromatic carbocycles. The lowest BCUT2D eigenvalue weighted by atomic mass is 10.1. The Labute approximate surface area is 238 Å². The van der Waals surface area contributed by atoms with Crippen molar-refractivity contribution in [1.29, 1.82) is 0 Å². The minimum atomic E-state index is -1.02. The van der Waals surface area contributed by atoms with E-state index in [1.165, 1.54) is 64.2 Å². The fraction of sp³-hybridized carbons (Fsp3) is 0.844. The molecule has 0 saturated carbocycles. The van der Waals surface area contributed by atoms with Crippen molar-refractivity contribution >= 4 is 17.9 Å². The van der Waals surface area contributed by atoms with E-state index in [0.29, 0.717) is 19.3 Å². The number of carbonyl (C=O) groups is 3. The number of quaternary nitrogens is 1. The second kappa shape index (κ2) is 26.3. The van der Waals surface area contributed by atoms with E-state index >= 15 is 0 Å². The van der Waals surface area contributed by atoms with Crippen LogP contribution in [0.15, 0.2) is 12.2 Å². The molecule has 0 fully saturated rings. The predicted octanol–water partition coefficient (Wildman–Crippen LogP) is 6.88. The summed E-state index contributed by atoms with van der Waals surface area (Å²) >= 11 is 0. The summed E-state index contributed by atoms with van der Waals surface area (Å²) in [5.41, 5.74) is 0. The van der Waals surface area contributed by atoms with Crippen molar-refractivity contribution in [3.8, 4) is 0 Å². The summed E-state index contributed by atoms with van der Waals surface area (Å²) in [6.45, 7) is 5.83. The molecule has 228 valence electrons. The molecule has 0 unspecified atom stereocenters. The maximum Gasteiger partial charge on any atom is 0.303 e. The monoisotopic (exact) mass is 553 g/mol. The van der Waals surface area contributed by atoms with Crippen molar-refractivity contribution in [2.45, 2.75) is 148 Å². The Balaban J connectivity index is 4.54. The van der Waals surface area contributed by atoms with Gasteiger partial charge in [-0.05, 0) is 83.5 Å². The van der Waals surface area contributed by atoms with Crippen LogP contribution in [-0.4, -0.2) is 58.8 Å². The summed E-state index contributed by atoms with van der Waals surface area (Å²) in [5, 5.41) is 28.9. The van der Waals surface area contributed by atoms with Crippen LogP contribution in [0, 0.1) is 0 Å². The van der Waals surface area contributed by atoms with Gasteiger partial charge in [0.05, 0.1) is 26.2 Å². The molecule has 0 aliphatic rings. The Hall–Kier alpha value is -1.89. The van der Waals surface area contributed by atoms with Gasteiger partial charge in [0.25, 0.3) is 0 Å². The van der Waals surface area contributed by atoms with Crippen LogP contribution < -0.4 is 5.11 Å². The van der Waals surface area contributed by atoms with Crippen molar-refractivity contribution in [2.75, 3.05) is 26.2 Å². The maximum absolute atomic E-state index is 11.0. The van der Waals surface area contributed by atoms with Crippen LogP contribution in [0.5, 0.6) is 0 Å². The van der Waals surface area contributed by atoms with E-state index in [1.807, 2.05) is 0 Å². The van der Waals surface area contributed by atoms with E-state index in [0.717, 1.165) is 69.2 Å². The molecule has 0 spiro atoms. The van der Waals surface area contributed by atoms with Crippen LogP contribution >= 0.6 is 0 Å². The predicted molar refractivity (Wildman–Crippen MR) is 156 cm³/mol. The van der Waals surface area contributed by atoms with E-state index in [1.54, 1.807) is 0 Å². The van der Waals surface area contributed by atoms with Gasteiger partial charge in [0, 0.05) is 18.8 Å². The van der Waals surface area contributed by atoms with E-state index in [-0.39, 0.29) is 19.3 Å². The highest BCUT2D eigenvalue weighted by molar-refractivity contribution is 5.66. The summed E-state index contributed by atoms with van der Waals surface area (Å²) in [6.07, 6.45) is 25.7. The normalized spacial score (nSPS) is 11.8. The Morgan fingerprint density at radius 2 is 0.897 bits per heavy atom. The Kier molecular flexibility index (Phi) is 25.1. The van der Waals surface area contributed by atoms with Gasteiger partial charge in [0.15, 0.2) is 0 Å². The SMILES string of the molecule is CCCCCCCCC/C=C/CCCCCC[N+](CCCCC(=O)[O-])(CCCCC(=O)O)CCCCC(=O)O. The molecule has 0 atom stereocenters. The number of rotatable bonds is 30. The topological polar surface area (TPSA) is 115 Å². The van der Waals surface area contributed by atoms with Crippen molar-refractivity contribution in [3.63, 3.8) is 0 Å². The summed E-state index contributed by atoms with van der Waals surface area (Å²) in [5.74, 6) is -2.58. The van der Waals surface area contributed by atoms with E-state index in [4.69, 9.17) is 10.2 Å². The van der Waals surface area contributed by atoms with E-state index in [9.17, 15) is 19.5 Å². The highest BCUT2D eigenvalue weighted by Gasteiger charge is 2.26. The number of nitrogens with zero attached hydrogens (tertiary/aromatic N) is 1. The van der Waals surface area contributed by atoms with Crippen molar-refractivity contribution in [2.24, 2.45) is 0 Å². The third-order valence-corrected chi connectivity index (χ3v) is 7.70. The molecule has 0 aromatic rings. The zero-order valence-corrected chi connectivity index (χ0v) is 25.0. The van der Waals surface area contributed by atoms with E-state index < -0.39 is 17.9 Å². The highest BCUT2D eigenvalue weighted by Crippen LogP contribution is 2.19. The molecule has 0 saturated heterocycles. The van der Waals surface area contributed by atoms with Gasteiger partial charge in [-0.25, -0.2) is 0 Å². The van der Waals surface area contributed by atoms with Crippen LogP contribution in [-0.2, 0) is 14.4 Å². The first-order valence-electron chi connectivity index (χ1n) is 15.9. The first kappa shape index (κ1) is 37.1. The minimum absolute atomic E-state index is 0.0600. The van der Waals surface area contributed by atoms with Gasteiger partial charge < -0.3 is 24.6 Å². The van der Waals surface area contributed by atoms with Crippen LogP contribution in [0.2, 0.25) is 0 Å². The van der Waals surface area contributed by atoms with Crippen LogP contribution in [0.25, 0.3) is 0 Å². The first-order chi connectivity index (χ1) is 18.8. The number of carbonyl (C=O) groups excluding carboxylic acids is 1.